The minimum atomic E-state index is -3.12. The van der Waals surface area contributed by atoms with E-state index in [0.717, 1.165) is 34.1 Å². The van der Waals surface area contributed by atoms with Gasteiger partial charge in [-0.05, 0) is 53.3 Å². The summed E-state index contributed by atoms with van der Waals surface area (Å²) < 4.78 is 18.3. The Hall–Kier alpha value is -3.20. The van der Waals surface area contributed by atoms with Crippen molar-refractivity contribution in [3.8, 4) is 0 Å². The lowest BCUT2D eigenvalue weighted by Gasteiger charge is -2.52. The Kier molecular flexibility index (Phi) is 12.2. The minimum absolute atomic E-state index is 0.0323. The lowest BCUT2D eigenvalue weighted by atomic mass is 9.93. The number of β-lactam (4-membered cyclic amide) rings is 1. The number of nitrogens with zero attached hydrogens (tertiary/aromatic N) is 1. The molecule has 0 aliphatic carbocycles. The SMILES string of the molecule is C=CCOC(=O)C(N1C(=O)[C@H]([C@@H](C)O[Si](C)(C)C(C)(C)C)[C@H]1SC(=O)CC1CCOC1)=P(c1ccccc1)(c1ccccc1)c1ccccc1. The molecular weight excluding hydrogens is 682 g/mol. The topological polar surface area (TPSA) is 82.1 Å². The summed E-state index contributed by atoms with van der Waals surface area (Å²) in [5.74, 6) is -1.38. The highest BCUT2D eigenvalue weighted by Crippen LogP contribution is 2.52. The van der Waals surface area contributed by atoms with E-state index in [2.05, 4.69) is 40.4 Å². The maximum Gasteiger partial charge on any atom is 0.356 e. The van der Waals surface area contributed by atoms with Gasteiger partial charge in [-0.1, -0.05) is 136 Å². The largest absolute Gasteiger partial charge is 0.457 e. The van der Waals surface area contributed by atoms with Gasteiger partial charge >= 0.3 is 5.97 Å². The number of esters is 1. The number of benzene rings is 3. The fourth-order valence-electron chi connectivity index (χ4n) is 6.51. The molecule has 2 heterocycles. The zero-order valence-corrected chi connectivity index (χ0v) is 32.8. The van der Waals surface area contributed by atoms with Gasteiger partial charge in [-0.2, -0.15) is 0 Å². The number of hydrogen-bond donors (Lipinski definition) is 0. The van der Waals surface area contributed by atoms with E-state index < -0.39 is 38.6 Å². The third-order valence-electron chi connectivity index (χ3n) is 10.1. The number of amides is 1. The molecule has 3 aromatic rings. The van der Waals surface area contributed by atoms with E-state index in [1.807, 2.05) is 97.9 Å². The second-order valence-electron chi connectivity index (χ2n) is 14.5. The third kappa shape index (κ3) is 7.68. The van der Waals surface area contributed by atoms with Crippen LogP contribution in [0, 0.1) is 11.8 Å². The molecule has 3 aromatic carbocycles. The van der Waals surface area contributed by atoms with E-state index in [1.54, 1.807) is 4.90 Å². The van der Waals surface area contributed by atoms with Gasteiger partial charge in [0.1, 0.15) is 17.4 Å². The van der Waals surface area contributed by atoms with Crippen molar-refractivity contribution < 1.29 is 28.3 Å². The van der Waals surface area contributed by atoms with Crippen molar-refractivity contribution in [2.24, 2.45) is 11.8 Å². The quantitative estimate of drug-likeness (QED) is 0.0635. The van der Waals surface area contributed by atoms with Crippen LogP contribution < -0.4 is 15.9 Å². The molecule has 4 atom stereocenters. The number of rotatable bonds is 13. The molecule has 1 unspecified atom stereocenters. The summed E-state index contributed by atoms with van der Waals surface area (Å²) in [4.78, 5) is 45.2. The maximum absolute atomic E-state index is 14.9. The van der Waals surface area contributed by atoms with Crippen LogP contribution in [0.1, 0.15) is 40.5 Å². The Morgan fingerprint density at radius 2 is 1.50 bits per heavy atom. The van der Waals surface area contributed by atoms with E-state index in [1.165, 1.54) is 6.08 Å². The Labute approximate surface area is 302 Å². The molecule has 5 rings (SSSR count). The maximum atomic E-state index is 14.9. The fourth-order valence-corrected chi connectivity index (χ4v) is 13.8. The molecular formula is C40H50NO6PSSi. The van der Waals surface area contributed by atoms with Gasteiger partial charge in [0.2, 0.25) is 5.91 Å². The van der Waals surface area contributed by atoms with E-state index in [0.29, 0.717) is 19.6 Å². The van der Waals surface area contributed by atoms with Crippen molar-refractivity contribution in [1.29, 1.82) is 0 Å². The Morgan fingerprint density at radius 1 is 0.980 bits per heavy atom. The zero-order valence-electron chi connectivity index (χ0n) is 30.0. The molecule has 0 bridgehead atoms. The molecule has 0 aromatic heterocycles. The summed E-state index contributed by atoms with van der Waals surface area (Å²) in [6.07, 6.45) is 2.20. The Morgan fingerprint density at radius 3 is 1.94 bits per heavy atom. The molecule has 2 aliphatic rings. The smallest absolute Gasteiger partial charge is 0.356 e. The van der Waals surface area contributed by atoms with Crippen molar-refractivity contribution in [2.45, 2.75) is 70.1 Å². The fraction of sp³-hybridized carbons (Fsp3) is 0.400. The number of carbonyl (C=O) groups is 3. The molecule has 2 aliphatic heterocycles. The second kappa shape index (κ2) is 16.0. The molecule has 0 radical (unpaired) electrons. The number of thioether (sulfide) groups is 1. The van der Waals surface area contributed by atoms with E-state index in [4.69, 9.17) is 13.9 Å². The molecule has 0 N–H and O–H groups in total. The molecule has 1 amide bonds. The predicted octanol–water partition coefficient (Wildman–Crippen LogP) is 6.72. The zero-order chi connectivity index (χ0) is 36.1. The summed E-state index contributed by atoms with van der Waals surface area (Å²) in [6.45, 7) is 14.6. The summed E-state index contributed by atoms with van der Waals surface area (Å²) in [5, 5.41) is 1.87. The Bertz CT molecular complexity index is 1620. The lowest BCUT2D eigenvalue weighted by molar-refractivity contribution is -0.151. The third-order valence-corrected chi connectivity index (χ3v) is 20.1. The highest BCUT2D eigenvalue weighted by molar-refractivity contribution is 8.14. The summed E-state index contributed by atoms with van der Waals surface area (Å²) in [7, 11) is -2.31. The van der Waals surface area contributed by atoms with Crippen molar-refractivity contribution in [2.75, 3.05) is 19.8 Å². The van der Waals surface area contributed by atoms with Crippen LogP contribution >= 0.6 is 18.6 Å². The normalized spacial score (nSPS) is 20.2. The van der Waals surface area contributed by atoms with Crippen LogP contribution in [0.5, 0.6) is 0 Å². The van der Waals surface area contributed by atoms with Crippen molar-refractivity contribution >= 4 is 65.3 Å². The van der Waals surface area contributed by atoms with E-state index in [9.17, 15) is 14.4 Å². The highest BCUT2D eigenvalue weighted by atomic mass is 32.2. The first kappa shape index (κ1) is 38.0. The second-order valence-corrected chi connectivity index (χ2v) is 23.8. The monoisotopic (exact) mass is 731 g/mol. The number of carbonyl (C=O) groups excluding carboxylic acids is 3. The van der Waals surface area contributed by atoms with Gasteiger partial charge in [0, 0.05) is 26.5 Å². The number of ether oxygens (including phenoxy) is 2. The van der Waals surface area contributed by atoms with Crippen LogP contribution in [0.25, 0.3) is 0 Å². The van der Waals surface area contributed by atoms with Gasteiger partial charge in [0.15, 0.2) is 13.4 Å². The summed E-state index contributed by atoms with van der Waals surface area (Å²) in [5.41, 5.74) is 0.248. The average molecular weight is 732 g/mol. The van der Waals surface area contributed by atoms with Gasteiger partial charge in [-0.15, -0.1) is 0 Å². The molecule has 2 fully saturated rings. The lowest BCUT2D eigenvalue weighted by Crippen LogP contribution is -2.68. The highest BCUT2D eigenvalue weighted by Gasteiger charge is 2.58. The molecule has 0 spiro atoms. The standard InChI is InChI=1S/C40H50NO6PSSi/c1-8-25-46-39(44)37(48(31-18-12-9-13-19-31,32-20-14-10-15-21-32)33-22-16-11-17-23-33)41-36(43)35(29(2)47-50(6,7)40(3,4)5)38(41)49-34(42)27-30-24-26-45-28-30/h8-23,29-30,35,38H,1,24-28H2,2-7H3/t29-,30?,35+,38-/m1/s1. The van der Waals surface area contributed by atoms with Crippen LogP contribution in [0.2, 0.25) is 18.1 Å². The van der Waals surface area contributed by atoms with E-state index >= 15 is 0 Å². The first-order valence-electron chi connectivity index (χ1n) is 17.3. The molecule has 266 valence electrons. The first-order valence-corrected chi connectivity index (χ1v) is 22.9. The number of hydrogen-bond acceptors (Lipinski definition) is 7. The molecule has 2 saturated heterocycles. The van der Waals surface area contributed by atoms with Gasteiger partial charge in [-0.25, -0.2) is 4.79 Å². The van der Waals surface area contributed by atoms with Gasteiger partial charge in [0.25, 0.3) is 0 Å². The van der Waals surface area contributed by atoms with Crippen molar-refractivity contribution in [3.63, 3.8) is 0 Å². The number of likely N-dealkylation sites (tertiary alicyclic amines) is 1. The molecule has 0 saturated carbocycles. The van der Waals surface area contributed by atoms with Gasteiger partial charge in [-0.3, -0.25) is 14.5 Å². The molecule has 50 heavy (non-hydrogen) atoms. The Balaban J connectivity index is 1.79. The van der Waals surface area contributed by atoms with Crippen molar-refractivity contribution in [1.82, 2.24) is 4.90 Å². The van der Waals surface area contributed by atoms with Crippen LogP contribution in [-0.2, 0) is 28.3 Å². The minimum Gasteiger partial charge on any atom is -0.457 e. The van der Waals surface area contributed by atoms with Crippen LogP contribution in [0.3, 0.4) is 0 Å². The van der Waals surface area contributed by atoms with Crippen molar-refractivity contribution in [3.05, 3.63) is 104 Å². The van der Waals surface area contributed by atoms with Gasteiger partial charge < -0.3 is 13.9 Å². The van der Waals surface area contributed by atoms with E-state index in [-0.39, 0.29) is 34.0 Å². The first-order chi connectivity index (χ1) is 23.8. The average Bonchev–Trinajstić information content (AvgIpc) is 3.60. The predicted molar refractivity (Wildman–Crippen MR) is 209 cm³/mol. The molecule has 7 nitrogen and oxygen atoms in total. The summed E-state index contributed by atoms with van der Waals surface area (Å²) in [6, 6.07) is 29.7. The van der Waals surface area contributed by atoms with Crippen LogP contribution in [0.15, 0.2) is 104 Å². The summed E-state index contributed by atoms with van der Waals surface area (Å²) >= 11 is 1.14. The van der Waals surface area contributed by atoms with Crippen LogP contribution in [-0.4, -0.2) is 66.9 Å². The van der Waals surface area contributed by atoms with Crippen LogP contribution in [0.4, 0.5) is 0 Å². The van der Waals surface area contributed by atoms with Gasteiger partial charge in [0.05, 0.1) is 12.0 Å². The molecule has 10 heteroatoms.